The summed E-state index contributed by atoms with van der Waals surface area (Å²) in [5, 5.41) is 23.3. The molecule has 9 nitrogen and oxygen atoms in total. The minimum Gasteiger partial charge on any atom is -0.507 e. The van der Waals surface area contributed by atoms with Gasteiger partial charge >= 0.3 is 5.91 Å². The second-order valence-corrected chi connectivity index (χ2v) is 10.5. The summed E-state index contributed by atoms with van der Waals surface area (Å²) in [5.74, 6) is -1.41. The number of hydrogen-bond acceptors (Lipinski definition) is 8. The molecule has 0 spiro atoms. The number of carbonyl (C=O) groups excluding carboxylic acids is 2. The fourth-order valence-electron chi connectivity index (χ4n) is 5.00. The molecule has 0 unspecified atom stereocenters. The van der Waals surface area contributed by atoms with Crippen LogP contribution in [0.5, 0.6) is 5.75 Å². The van der Waals surface area contributed by atoms with Crippen LogP contribution in [0.3, 0.4) is 0 Å². The highest BCUT2D eigenvalue weighted by Gasteiger charge is 2.48. The van der Waals surface area contributed by atoms with E-state index < -0.39 is 22.7 Å². The quantitative estimate of drug-likeness (QED) is 0.123. The van der Waals surface area contributed by atoms with E-state index in [4.69, 9.17) is 4.74 Å². The first-order chi connectivity index (χ1) is 18.2. The van der Waals surface area contributed by atoms with Crippen LogP contribution in [0.4, 0.5) is 10.8 Å². The van der Waals surface area contributed by atoms with Crippen molar-refractivity contribution in [1.82, 2.24) is 4.98 Å². The zero-order chi connectivity index (χ0) is 26.7. The number of non-ortho nitro benzene ring substituents is 1. The molecule has 3 heterocycles. The van der Waals surface area contributed by atoms with Crippen molar-refractivity contribution in [3.8, 4) is 5.75 Å². The summed E-state index contributed by atoms with van der Waals surface area (Å²) >= 11 is 1.24. The number of anilines is 1. The second-order valence-electron chi connectivity index (χ2n) is 9.44. The molecule has 10 heteroatoms. The van der Waals surface area contributed by atoms with Gasteiger partial charge in [0.1, 0.15) is 17.6 Å². The highest BCUT2D eigenvalue weighted by molar-refractivity contribution is 7.22. The molecule has 1 aromatic heterocycles. The Labute approximate surface area is 220 Å². The minimum absolute atomic E-state index is 0.0134. The zero-order valence-electron chi connectivity index (χ0n) is 20.4. The van der Waals surface area contributed by atoms with Crippen LogP contribution in [0.1, 0.15) is 35.2 Å². The molecule has 0 aliphatic carbocycles. The molecular formula is C28H21N3O6S. The van der Waals surface area contributed by atoms with Crippen LogP contribution in [0.15, 0.2) is 66.2 Å². The van der Waals surface area contributed by atoms with Gasteiger partial charge in [0.05, 0.1) is 26.8 Å². The van der Waals surface area contributed by atoms with Crippen LogP contribution < -0.4 is 9.64 Å². The first kappa shape index (κ1) is 23.8. The van der Waals surface area contributed by atoms with Gasteiger partial charge in [-0.15, -0.1) is 0 Å². The number of carbonyl (C=O) groups is 2. The number of amides is 1. The molecule has 3 aromatic carbocycles. The lowest BCUT2D eigenvalue weighted by Gasteiger charge is -2.22. The first-order valence-electron chi connectivity index (χ1n) is 11.9. The van der Waals surface area contributed by atoms with Gasteiger partial charge in [-0.25, -0.2) is 4.98 Å². The summed E-state index contributed by atoms with van der Waals surface area (Å²) in [6.07, 6.45) is 0.630. The fourth-order valence-corrected chi connectivity index (χ4v) is 6.09. The Morgan fingerprint density at radius 2 is 1.97 bits per heavy atom. The van der Waals surface area contributed by atoms with Crippen LogP contribution in [0.25, 0.3) is 16.0 Å². The van der Waals surface area contributed by atoms with Gasteiger partial charge in [0.2, 0.25) is 0 Å². The van der Waals surface area contributed by atoms with Gasteiger partial charge in [-0.05, 0) is 60.9 Å². The lowest BCUT2D eigenvalue weighted by atomic mass is 9.94. The zero-order valence-corrected chi connectivity index (χ0v) is 21.2. The van der Waals surface area contributed by atoms with Gasteiger partial charge in [0.15, 0.2) is 5.13 Å². The van der Waals surface area contributed by atoms with Gasteiger partial charge in [0, 0.05) is 24.1 Å². The molecule has 1 saturated heterocycles. The number of nitro groups is 1. The number of ether oxygens (including phenoxy) is 1. The summed E-state index contributed by atoms with van der Waals surface area (Å²) in [6.45, 7) is 3.88. The molecule has 0 bridgehead atoms. The van der Waals surface area contributed by atoms with Crippen molar-refractivity contribution in [2.75, 3.05) is 4.90 Å². The summed E-state index contributed by atoms with van der Waals surface area (Å²) in [7, 11) is 0. The van der Waals surface area contributed by atoms with Crippen molar-refractivity contribution >= 4 is 49.8 Å². The van der Waals surface area contributed by atoms with Crippen molar-refractivity contribution in [3.63, 3.8) is 0 Å². The normalized spacial score (nSPS) is 20.1. The third kappa shape index (κ3) is 3.81. The molecule has 2 atom stereocenters. The third-order valence-corrected chi connectivity index (χ3v) is 7.77. The molecule has 38 heavy (non-hydrogen) atoms. The van der Waals surface area contributed by atoms with E-state index in [0.29, 0.717) is 28.8 Å². The molecule has 1 fully saturated rings. The summed E-state index contributed by atoms with van der Waals surface area (Å²) in [4.78, 5) is 43.8. The third-order valence-electron chi connectivity index (χ3n) is 6.75. The maximum absolute atomic E-state index is 13.5. The largest absolute Gasteiger partial charge is 0.507 e. The molecule has 0 radical (unpaired) electrons. The number of aliphatic hydroxyl groups is 1. The fraction of sp³-hybridized carbons (Fsp3) is 0.179. The van der Waals surface area contributed by atoms with Crippen molar-refractivity contribution in [1.29, 1.82) is 0 Å². The molecule has 2 aliphatic heterocycles. The number of aryl methyl sites for hydroxylation is 1. The van der Waals surface area contributed by atoms with Gasteiger partial charge < -0.3 is 9.84 Å². The van der Waals surface area contributed by atoms with E-state index in [9.17, 15) is 24.8 Å². The van der Waals surface area contributed by atoms with Gasteiger partial charge in [0.25, 0.3) is 11.5 Å². The van der Waals surface area contributed by atoms with Crippen LogP contribution in [0, 0.1) is 17.0 Å². The number of thiazole rings is 1. The highest BCUT2D eigenvalue weighted by Crippen LogP contribution is 2.45. The number of benzene rings is 3. The Kier molecular flexibility index (Phi) is 5.50. The minimum atomic E-state index is -1.11. The monoisotopic (exact) mass is 527 g/mol. The van der Waals surface area contributed by atoms with E-state index in [0.717, 1.165) is 15.8 Å². The number of nitrogens with zero attached hydrogens (tertiary/aromatic N) is 3. The number of fused-ring (bicyclic) bond motifs is 2. The predicted molar refractivity (Wildman–Crippen MR) is 142 cm³/mol. The molecule has 6 rings (SSSR count). The van der Waals surface area contributed by atoms with E-state index in [1.54, 1.807) is 24.3 Å². The van der Waals surface area contributed by atoms with Gasteiger partial charge in [-0.1, -0.05) is 29.5 Å². The lowest BCUT2D eigenvalue weighted by Crippen LogP contribution is -2.29. The maximum atomic E-state index is 13.5. The maximum Gasteiger partial charge on any atom is 0.301 e. The average Bonchev–Trinajstić information content (AvgIpc) is 3.55. The average molecular weight is 528 g/mol. The molecule has 2 aliphatic rings. The number of nitro benzene ring substituents is 1. The smallest absolute Gasteiger partial charge is 0.301 e. The number of ketones is 1. The van der Waals surface area contributed by atoms with Crippen molar-refractivity contribution in [2.45, 2.75) is 32.4 Å². The number of aromatic nitrogens is 1. The molecule has 1 amide bonds. The summed E-state index contributed by atoms with van der Waals surface area (Å²) in [6, 6.07) is 15.4. The van der Waals surface area contributed by atoms with Crippen molar-refractivity contribution in [2.24, 2.45) is 0 Å². The SMILES string of the molecule is Cc1ccc2nc(N3C(=O)C(=O)/C(=C(/O)c4ccc5c(c4)C[C@@H](C)O5)[C@@H]3c3cccc([N+](=O)[O-])c3)sc2c1. The Hall–Kier alpha value is -4.57. The van der Waals surface area contributed by atoms with E-state index in [1.807, 2.05) is 32.0 Å². The van der Waals surface area contributed by atoms with Crippen LogP contribution in [-0.2, 0) is 16.0 Å². The Bertz CT molecular complexity index is 1710. The number of rotatable bonds is 4. The second kappa shape index (κ2) is 8.77. The Morgan fingerprint density at radius 3 is 2.76 bits per heavy atom. The number of hydrogen-bond donors (Lipinski definition) is 1. The topological polar surface area (TPSA) is 123 Å². The molecule has 4 aromatic rings. The van der Waals surface area contributed by atoms with Crippen LogP contribution in [0.2, 0.25) is 0 Å². The standard InChI is InChI=1S/C28H21N3O6S/c1-14-6-8-20-22(10-14)38-28(29-20)30-24(16-4-3-5-19(13-16)31(35)36)23(26(33)27(30)34)25(32)17-7-9-21-18(12-17)11-15(2)37-21/h3-10,12-13,15,24,32H,11H2,1-2H3/b25-23+/t15-,24+/m1/s1. The van der Waals surface area contributed by atoms with Crippen molar-refractivity contribution < 1.29 is 24.4 Å². The van der Waals surface area contributed by atoms with E-state index >= 15 is 0 Å². The predicted octanol–water partition coefficient (Wildman–Crippen LogP) is 5.46. The molecular weight excluding hydrogens is 506 g/mol. The van der Waals surface area contributed by atoms with E-state index in [1.165, 1.54) is 34.4 Å². The number of Topliss-reactive ketones (excluding diaryl/α,β-unsaturated/α-hetero) is 1. The van der Waals surface area contributed by atoms with E-state index in [2.05, 4.69) is 4.98 Å². The molecule has 1 N–H and O–H groups in total. The number of aliphatic hydroxyl groups excluding tert-OH is 1. The van der Waals surface area contributed by atoms with Gasteiger partial charge in [-0.2, -0.15) is 0 Å². The Balaban J connectivity index is 1.56. The van der Waals surface area contributed by atoms with Gasteiger partial charge in [-0.3, -0.25) is 24.6 Å². The van der Waals surface area contributed by atoms with E-state index in [-0.39, 0.29) is 28.3 Å². The summed E-state index contributed by atoms with van der Waals surface area (Å²) < 4.78 is 6.57. The van der Waals surface area contributed by atoms with Crippen LogP contribution >= 0.6 is 11.3 Å². The van der Waals surface area contributed by atoms with Crippen molar-refractivity contribution in [3.05, 3.63) is 98.6 Å². The lowest BCUT2D eigenvalue weighted by molar-refractivity contribution is -0.384. The highest BCUT2D eigenvalue weighted by atomic mass is 32.1. The first-order valence-corrected chi connectivity index (χ1v) is 12.8. The Morgan fingerprint density at radius 1 is 1.16 bits per heavy atom. The van der Waals surface area contributed by atoms with Crippen LogP contribution in [-0.4, -0.2) is 32.8 Å². The molecule has 190 valence electrons. The summed E-state index contributed by atoms with van der Waals surface area (Å²) in [5.41, 5.74) is 2.87. The molecule has 0 saturated carbocycles.